The molecule has 0 saturated heterocycles. The first-order valence-electron chi connectivity index (χ1n) is 7.72. The van der Waals surface area contributed by atoms with Crippen LogP contribution < -0.4 is 11.1 Å². The van der Waals surface area contributed by atoms with Gasteiger partial charge >= 0.3 is 5.97 Å². The van der Waals surface area contributed by atoms with Crippen LogP contribution in [-0.4, -0.2) is 23.6 Å². The summed E-state index contributed by atoms with van der Waals surface area (Å²) in [6, 6.07) is 7.52. The highest BCUT2D eigenvalue weighted by Crippen LogP contribution is 2.33. The van der Waals surface area contributed by atoms with Gasteiger partial charge in [0.05, 0.1) is 23.8 Å². The standard InChI is InChI=1S/C18H18N4O3/c1-18(2)13-5-4-12(6-10(13)8-21-17(18)24)22-9-11(7-19)14(20)15(22)16(23)25-3/h4-6,9H,8,20H2,1-3H3,(H,21,24). The zero-order chi connectivity index (χ0) is 18.4. The molecule has 1 aliphatic heterocycles. The number of nitrogens with two attached hydrogens (primary N) is 1. The van der Waals surface area contributed by atoms with Crippen molar-refractivity contribution in [3.05, 3.63) is 46.8 Å². The van der Waals surface area contributed by atoms with Gasteiger partial charge in [0.1, 0.15) is 6.07 Å². The predicted molar refractivity (Wildman–Crippen MR) is 91.1 cm³/mol. The fraction of sp³-hybridized carbons (Fsp3) is 0.278. The summed E-state index contributed by atoms with van der Waals surface area (Å²) in [6.07, 6.45) is 1.51. The van der Waals surface area contributed by atoms with E-state index < -0.39 is 11.4 Å². The summed E-state index contributed by atoms with van der Waals surface area (Å²) in [4.78, 5) is 24.2. The number of anilines is 1. The van der Waals surface area contributed by atoms with Crippen molar-refractivity contribution in [1.82, 2.24) is 9.88 Å². The van der Waals surface area contributed by atoms with E-state index in [0.717, 1.165) is 11.1 Å². The number of nitriles is 1. The first kappa shape index (κ1) is 16.6. The Balaban J connectivity index is 2.18. The maximum absolute atomic E-state index is 12.1. The number of ether oxygens (including phenoxy) is 1. The average Bonchev–Trinajstić information content (AvgIpc) is 2.94. The molecule has 0 atom stereocenters. The maximum atomic E-state index is 12.1. The van der Waals surface area contributed by atoms with Gasteiger partial charge in [0.2, 0.25) is 5.91 Å². The molecule has 1 aromatic heterocycles. The lowest BCUT2D eigenvalue weighted by atomic mass is 9.78. The van der Waals surface area contributed by atoms with E-state index in [1.807, 2.05) is 32.0 Å². The average molecular weight is 338 g/mol. The lowest BCUT2D eigenvalue weighted by Crippen LogP contribution is -2.44. The van der Waals surface area contributed by atoms with Crippen molar-refractivity contribution in [2.24, 2.45) is 0 Å². The van der Waals surface area contributed by atoms with Crippen molar-refractivity contribution >= 4 is 17.6 Å². The Bertz CT molecular complexity index is 935. The van der Waals surface area contributed by atoms with Crippen LogP contribution in [0.4, 0.5) is 5.69 Å². The van der Waals surface area contributed by atoms with E-state index in [0.29, 0.717) is 12.2 Å². The topological polar surface area (TPSA) is 110 Å². The van der Waals surface area contributed by atoms with Gasteiger partial charge in [-0.05, 0) is 37.1 Å². The Hall–Kier alpha value is -3.27. The van der Waals surface area contributed by atoms with Gasteiger partial charge in [-0.15, -0.1) is 0 Å². The SMILES string of the molecule is COC(=O)c1c(N)c(C#N)cn1-c1ccc2c(c1)CNC(=O)C2(C)C. The molecule has 0 aliphatic carbocycles. The van der Waals surface area contributed by atoms with Crippen LogP contribution in [0.2, 0.25) is 0 Å². The third-order valence-corrected chi connectivity index (χ3v) is 4.59. The Kier molecular flexibility index (Phi) is 3.76. The zero-order valence-electron chi connectivity index (χ0n) is 14.2. The van der Waals surface area contributed by atoms with Crippen LogP contribution in [0.5, 0.6) is 0 Å². The third-order valence-electron chi connectivity index (χ3n) is 4.59. The molecule has 0 bridgehead atoms. The van der Waals surface area contributed by atoms with Gasteiger partial charge < -0.3 is 20.4 Å². The van der Waals surface area contributed by atoms with E-state index in [1.165, 1.54) is 13.3 Å². The van der Waals surface area contributed by atoms with Crippen LogP contribution >= 0.6 is 0 Å². The van der Waals surface area contributed by atoms with Gasteiger partial charge in [0, 0.05) is 18.4 Å². The van der Waals surface area contributed by atoms with E-state index >= 15 is 0 Å². The second-order valence-corrected chi connectivity index (χ2v) is 6.43. The number of nitrogens with one attached hydrogen (secondary N) is 1. The summed E-state index contributed by atoms with van der Waals surface area (Å²) in [5.74, 6) is -0.648. The van der Waals surface area contributed by atoms with Gasteiger partial charge in [0.25, 0.3) is 0 Å². The van der Waals surface area contributed by atoms with Gasteiger partial charge in [-0.2, -0.15) is 5.26 Å². The number of fused-ring (bicyclic) bond motifs is 1. The minimum Gasteiger partial charge on any atom is -0.464 e. The number of methoxy groups -OCH3 is 1. The van der Waals surface area contributed by atoms with Crippen LogP contribution in [0, 0.1) is 11.3 Å². The third kappa shape index (κ3) is 2.43. The number of hydrogen-bond donors (Lipinski definition) is 2. The Labute approximate surface area is 145 Å². The van der Waals surface area contributed by atoms with Crippen LogP contribution in [0.25, 0.3) is 5.69 Å². The molecule has 2 heterocycles. The number of amides is 1. The van der Waals surface area contributed by atoms with Crippen molar-refractivity contribution < 1.29 is 14.3 Å². The molecule has 1 aliphatic rings. The minimum atomic E-state index is -0.634. The summed E-state index contributed by atoms with van der Waals surface area (Å²) in [7, 11) is 1.26. The molecule has 25 heavy (non-hydrogen) atoms. The Morgan fingerprint density at radius 3 is 2.80 bits per heavy atom. The van der Waals surface area contributed by atoms with E-state index in [4.69, 9.17) is 10.5 Å². The highest BCUT2D eigenvalue weighted by molar-refractivity contribution is 5.96. The number of carbonyl (C=O) groups is 2. The molecule has 3 rings (SSSR count). The van der Waals surface area contributed by atoms with Crippen LogP contribution in [0.15, 0.2) is 24.4 Å². The molecule has 0 saturated carbocycles. The Morgan fingerprint density at radius 2 is 2.16 bits per heavy atom. The van der Waals surface area contributed by atoms with Crippen LogP contribution in [-0.2, 0) is 21.5 Å². The van der Waals surface area contributed by atoms with Crippen molar-refractivity contribution in [2.75, 3.05) is 12.8 Å². The van der Waals surface area contributed by atoms with Gasteiger partial charge in [-0.1, -0.05) is 6.07 Å². The molecule has 0 spiro atoms. The van der Waals surface area contributed by atoms with Crippen molar-refractivity contribution in [3.8, 4) is 11.8 Å². The first-order valence-corrected chi connectivity index (χ1v) is 7.72. The monoisotopic (exact) mass is 338 g/mol. The molecule has 1 amide bonds. The van der Waals surface area contributed by atoms with Gasteiger partial charge in [-0.25, -0.2) is 4.79 Å². The quantitative estimate of drug-likeness (QED) is 0.809. The number of nitrogens with zero attached hydrogens (tertiary/aromatic N) is 2. The predicted octanol–water partition coefficient (Wildman–Crippen LogP) is 1.63. The van der Waals surface area contributed by atoms with Crippen molar-refractivity contribution in [3.63, 3.8) is 0 Å². The summed E-state index contributed by atoms with van der Waals surface area (Å²) in [5.41, 5.74) is 8.23. The van der Waals surface area contributed by atoms with E-state index in [-0.39, 0.29) is 22.9 Å². The molecule has 2 aromatic rings. The fourth-order valence-electron chi connectivity index (χ4n) is 3.12. The lowest BCUT2D eigenvalue weighted by Gasteiger charge is -2.32. The normalized spacial score (nSPS) is 15.0. The van der Waals surface area contributed by atoms with E-state index in [1.54, 1.807) is 10.6 Å². The summed E-state index contributed by atoms with van der Waals surface area (Å²) in [5, 5.41) is 12.1. The number of nitrogen functional groups attached to an aromatic ring is 1. The van der Waals surface area contributed by atoms with E-state index in [9.17, 15) is 14.9 Å². The largest absolute Gasteiger partial charge is 0.464 e. The summed E-state index contributed by atoms with van der Waals surface area (Å²) < 4.78 is 6.34. The molecule has 3 N–H and O–H groups in total. The van der Waals surface area contributed by atoms with Crippen molar-refractivity contribution in [1.29, 1.82) is 5.26 Å². The summed E-state index contributed by atoms with van der Waals surface area (Å²) in [6.45, 7) is 4.13. The number of benzene rings is 1. The number of esters is 1. The molecule has 0 fully saturated rings. The molecule has 7 heteroatoms. The maximum Gasteiger partial charge on any atom is 0.357 e. The minimum absolute atomic E-state index is 0.0278. The van der Waals surface area contributed by atoms with Gasteiger partial charge in [0.15, 0.2) is 5.69 Å². The second-order valence-electron chi connectivity index (χ2n) is 6.43. The molecule has 1 aromatic carbocycles. The van der Waals surface area contributed by atoms with E-state index in [2.05, 4.69) is 5.32 Å². The second kappa shape index (κ2) is 5.67. The molecular formula is C18H18N4O3. The zero-order valence-corrected chi connectivity index (χ0v) is 14.2. The Morgan fingerprint density at radius 1 is 1.44 bits per heavy atom. The highest BCUT2D eigenvalue weighted by atomic mass is 16.5. The lowest BCUT2D eigenvalue weighted by molar-refractivity contribution is -0.126. The fourth-order valence-corrected chi connectivity index (χ4v) is 3.12. The molecule has 7 nitrogen and oxygen atoms in total. The van der Waals surface area contributed by atoms with Gasteiger partial charge in [-0.3, -0.25) is 4.79 Å². The molecule has 0 radical (unpaired) electrons. The first-order chi connectivity index (χ1) is 11.8. The van der Waals surface area contributed by atoms with Crippen molar-refractivity contribution in [2.45, 2.75) is 25.8 Å². The molecule has 0 unspecified atom stereocenters. The summed E-state index contributed by atoms with van der Waals surface area (Å²) >= 11 is 0. The highest BCUT2D eigenvalue weighted by Gasteiger charge is 2.35. The molecular weight excluding hydrogens is 320 g/mol. The molecule has 128 valence electrons. The van der Waals surface area contributed by atoms with Crippen LogP contribution in [0.3, 0.4) is 0 Å². The number of hydrogen-bond acceptors (Lipinski definition) is 5. The number of rotatable bonds is 2. The number of aromatic nitrogens is 1. The number of carbonyl (C=O) groups excluding carboxylic acids is 2. The smallest absolute Gasteiger partial charge is 0.357 e. The van der Waals surface area contributed by atoms with Crippen LogP contribution in [0.1, 0.15) is 41.0 Å².